The van der Waals surface area contributed by atoms with Gasteiger partial charge in [-0.1, -0.05) is 12.1 Å². The Labute approximate surface area is 115 Å². The monoisotopic (exact) mass is 277 g/mol. The van der Waals surface area contributed by atoms with Crippen LogP contribution in [-0.4, -0.2) is 36.9 Å². The van der Waals surface area contributed by atoms with Gasteiger partial charge < -0.3 is 15.8 Å². The minimum Gasteiger partial charge on any atom is -0.479 e. The Kier molecular flexibility index (Phi) is 3.88. The second kappa shape index (κ2) is 5.60. The van der Waals surface area contributed by atoms with Gasteiger partial charge in [-0.2, -0.15) is 0 Å². The molecule has 3 N–H and O–H groups in total. The van der Waals surface area contributed by atoms with Crippen LogP contribution in [0, 0.1) is 0 Å². The molecule has 0 saturated heterocycles. The molecule has 1 atom stereocenters. The van der Waals surface area contributed by atoms with Gasteiger partial charge in [0.05, 0.1) is 12.2 Å². The molecule has 1 aliphatic rings. The van der Waals surface area contributed by atoms with Crippen molar-refractivity contribution in [2.75, 3.05) is 18.0 Å². The zero-order valence-electron chi connectivity index (χ0n) is 11.0. The maximum atomic E-state index is 12.1. The van der Waals surface area contributed by atoms with Crippen LogP contribution in [0.1, 0.15) is 6.92 Å². The van der Waals surface area contributed by atoms with E-state index in [9.17, 15) is 14.4 Å². The van der Waals surface area contributed by atoms with E-state index in [0.717, 1.165) is 0 Å². The van der Waals surface area contributed by atoms with Crippen LogP contribution in [0.15, 0.2) is 24.3 Å². The molecule has 1 aromatic carbocycles. The first-order valence-corrected chi connectivity index (χ1v) is 6.11. The number of nitrogens with zero attached hydrogens (tertiary/aromatic N) is 1. The molecular weight excluding hydrogens is 262 g/mol. The van der Waals surface area contributed by atoms with Crippen molar-refractivity contribution >= 4 is 23.4 Å². The van der Waals surface area contributed by atoms with Gasteiger partial charge >= 0.3 is 0 Å². The van der Waals surface area contributed by atoms with Crippen molar-refractivity contribution in [1.29, 1.82) is 0 Å². The second-order valence-electron chi connectivity index (χ2n) is 4.40. The number of hydrogen-bond donors (Lipinski definition) is 2. The largest absolute Gasteiger partial charge is 0.479 e. The zero-order valence-corrected chi connectivity index (χ0v) is 11.0. The van der Waals surface area contributed by atoms with E-state index in [1.54, 1.807) is 31.2 Å². The number of carbonyl (C=O) groups excluding carboxylic acids is 3. The third-order valence-corrected chi connectivity index (χ3v) is 2.84. The van der Waals surface area contributed by atoms with Crippen LogP contribution in [0.2, 0.25) is 0 Å². The molecule has 106 valence electrons. The van der Waals surface area contributed by atoms with Crippen LogP contribution in [0.3, 0.4) is 0 Å². The Hall–Kier alpha value is -2.57. The Balaban J connectivity index is 2.15. The fraction of sp³-hybridized carbons (Fsp3) is 0.308. The topological polar surface area (TPSA) is 102 Å². The van der Waals surface area contributed by atoms with E-state index in [-0.39, 0.29) is 19.0 Å². The summed E-state index contributed by atoms with van der Waals surface area (Å²) in [5, 5.41) is 2.35. The Morgan fingerprint density at radius 2 is 2.10 bits per heavy atom. The zero-order chi connectivity index (χ0) is 14.7. The lowest BCUT2D eigenvalue weighted by Crippen LogP contribution is -2.49. The van der Waals surface area contributed by atoms with Crippen LogP contribution in [0.25, 0.3) is 0 Å². The van der Waals surface area contributed by atoms with Crippen molar-refractivity contribution in [1.82, 2.24) is 5.32 Å². The third-order valence-electron chi connectivity index (χ3n) is 2.84. The maximum Gasteiger partial charge on any atom is 0.268 e. The van der Waals surface area contributed by atoms with Gasteiger partial charge in [-0.3, -0.25) is 19.3 Å². The van der Waals surface area contributed by atoms with E-state index in [1.165, 1.54) is 4.90 Å². The Morgan fingerprint density at radius 1 is 1.40 bits per heavy atom. The maximum absolute atomic E-state index is 12.1. The number of fused-ring (bicyclic) bond motifs is 1. The number of nitrogens with one attached hydrogen (secondary N) is 1. The van der Waals surface area contributed by atoms with Gasteiger partial charge in [-0.15, -0.1) is 0 Å². The number of primary amides is 1. The number of anilines is 1. The molecule has 1 unspecified atom stereocenters. The van der Waals surface area contributed by atoms with Gasteiger partial charge in [-0.05, 0) is 19.1 Å². The van der Waals surface area contributed by atoms with Gasteiger partial charge in [0.25, 0.3) is 5.91 Å². The van der Waals surface area contributed by atoms with Crippen molar-refractivity contribution in [3.05, 3.63) is 24.3 Å². The van der Waals surface area contributed by atoms with Crippen molar-refractivity contribution in [2.45, 2.75) is 13.0 Å². The predicted molar refractivity (Wildman–Crippen MR) is 71.1 cm³/mol. The van der Waals surface area contributed by atoms with Gasteiger partial charge in [0, 0.05) is 0 Å². The average Bonchev–Trinajstić information content (AvgIpc) is 2.41. The highest BCUT2D eigenvalue weighted by atomic mass is 16.5. The Morgan fingerprint density at radius 3 is 2.80 bits per heavy atom. The summed E-state index contributed by atoms with van der Waals surface area (Å²) >= 11 is 0. The SMILES string of the molecule is CC1Oc2ccccc2N(CC(=O)NCC(N)=O)C1=O. The van der Waals surface area contributed by atoms with Crippen LogP contribution in [0.4, 0.5) is 5.69 Å². The fourth-order valence-electron chi connectivity index (χ4n) is 1.91. The Bertz CT molecular complexity index is 558. The summed E-state index contributed by atoms with van der Waals surface area (Å²) in [4.78, 5) is 35.8. The molecule has 0 aromatic heterocycles. The predicted octanol–water partition coefficient (Wildman–Crippen LogP) is -0.598. The lowest BCUT2D eigenvalue weighted by molar-refractivity contribution is -0.128. The van der Waals surface area contributed by atoms with E-state index >= 15 is 0 Å². The summed E-state index contributed by atoms with van der Waals surface area (Å²) in [5.41, 5.74) is 5.48. The van der Waals surface area contributed by atoms with E-state index < -0.39 is 17.9 Å². The number of rotatable bonds is 4. The average molecular weight is 277 g/mol. The van der Waals surface area contributed by atoms with Crippen molar-refractivity contribution in [2.24, 2.45) is 5.73 Å². The fourth-order valence-corrected chi connectivity index (χ4v) is 1.91. The first-order valence-electron chi connectivity index (χ1n) is 6.11. The molecule has 0 radical (unpaired) electrons. The van der Waals surface area contributed by atoms with Crippen LogP contribution >= 0.6 is 0 Å². The standard InChI is InChI=1S/C13H15N3O4/c1-8-13(19)16(7-12(18)15-6-11(14)17)9-4-2-3-5-10(9)20-8/h2-5,8H,6-7H2,1H3,(H2,14,17)(H,15,18). The molecule has 0 fully saturated rings. The van der Waals surface area contributed by atoms with Gasteiger partial charge in [0.2, 0.25) is 11.8 Å². The molecule has 0 aliphatic carbocycles. The lowest BCUT2D eigenvalue weighted by Gasteiger charge is -2.32. The van der Waals surface area contributed by atoms with E-state index in [4.69, 9.17) is 10.5 Å². The van der Waals surface area contributed by atoms with Crippen molar-refractivity contribution < 1.29 is 19.1 Å². The van der Waals surface area contributed by atoms with Crippen molar-refractivity contribution in [3.63, 3.8) is 0 Å². The molecule has 0 saturated carbocycles. The summed E-state index contributed by atoms with van der Waals surface area (Å²) in [7, 11) is 0. The molecular formula is C13H15N3O4. The van der Waals surface area contributed by atoms with E-state index in [2.05, 4.69) is 5.32 Å². The smallest absolute Gasteiger partial charge is 0.268 e. The number of nitrogens with two attached hydrogens (primary N) is 1. The molecule has 1 aromatic rings. The normalized spacial score (nSPS) is 17.1. The summed E-state index contributed by atoms with van der Waals surface area (Å²) < 4.78 is 5.46. The first kappa shape index (κ1) is 13.9. The molecule has 1 heterocycles. The molecule has 0 spiro atoms. The molecule has 2 rings (SSSR count). The first-order chi connectivity index (χ1) is 9.49. The molecule has 7 heteroatoms. The molecule has 0 bridgehead atoms. The lowest BCUT2D eigenvalue weighted by atomic mass is 10.2. The minimum absolute atomic E-state index is 0.184. The summed E-state index contributed by atoms with van der Waals surface area (Å²) in [5.74, 6) is -0.860. The highest BCUT2D eigenvalue weighted by molar-refractivity contribution is 6.03. The van der Waals surface area contributed by atoms with E-state index in [0.29, 0.717) is 11.4 Å². The highest BCUT2D eigenvalue weighted by Crippen LogP contribution is 2.33. The number of amides is 3. The minimum atomic E-state index is -0.658. The summed E-state index contributed by atoms with van der Waals surface area (Å²) in [6.07, 6.45) is -0.658. The third kappa shape index (κ3) is 2.87. The number of hydrogen-bond acceptors (Lipinski definition) is 4. The van der Waals surface area contributed by atoms with Crippen LogP contribution in [-0.2, 0) is 14.4 Å². The number of carbonyl (C=O) groups is 3. The van der Waals surface area contributed by atoms with Gasteiger partial charge in [0.1, 0.15) is 12.3 Å². The summed E-state index contributed by atoms with van der Waals surface area (Å²) in [6.45, 7) is 1.18. The summed E-state index contributed by atoms with van der Waals surface area (Å²) in [6, 6.07) is 6.96. The van der Waals surface area contributed by atoms with Crippen LogP contribution < -0.4 is 20.7 Å². The van der Waals surface area contributed by atoms with Crippen molar-refractivity contribution in [3.8, 4) is 5.75 Å². The quantitative estimate of drug-likeness (QED) is 0.767. The molecule has 20 heavy (non-hydrogen) atoms. The van der Waals surface area contributed by atoms with E-state index in [1.807, 2.05) is 0 Å². The van der Waals surface area contributed by atoms with Crippen LogP contribution in [0.5, 0.6) is 5.75 Å². The molecule has 3 amide bonds. The number of para-hydroxylation sites is 2. The molecule has 1 aliphatic heterocycles. The highest BCUT2D eigenvalue weighted by Gasteiger charge is 2.32. The number of ether oxygens (including phenoxy) is 1. The number of benzene rings is 1. The van der Waals surface area contributed by atoms with Gasteiger partial charge in [0.15, 0.2) is 6.10 Å². The van der Waals surface area contributed by atoms with Gasteiger partial charge in [-0.25, -0.2) is 0 Å². The second-order valence-corrected chi connectivity index (χ2v) is 4.40. The molecule has 7 nitrogen and oxygen atoms in total.